The zero-order valence-corrected chi connectivity index (χ0v) is 22.5. The van der Waals surface area contributed by atoms with E-state index in [0.717, 1.165) is 43.5 Å². The van der Waals surface area contributed by atoms with Crippen molar-refractivity contribution in [1.29, 1.82) is 0 Å². The molecule has 1 saturated heterocycles. The Kier molecular flexibility index (Phi) is 7.80. The summed E-state index contributed by atoms with van der Waals surface area (Å²) in [5.41, 5.74) is 8.41. The minimum absolute atomic E-state index is 0.0175. The maximum absolute atomic E-state index is 13.7. The maximum atomic E-state index is 13.7. The number of allylic oxidation sites excluding steroid dienone is 1. The molecule has 1 aliphatic carbocycles. The van der Waals surface area contributed by atoms with E-state index in [-0.39, 0.29) is 18.4 Å². The van der Waals surface area contributed by atoms with Crippen molar-refractivity contribution < 1.29 is 19.4 Å². The van der Waals surface area contributed by atoms with Gasteiger partial charge in [-0.15, -0.1) is 0 Å². The number of nitrogens with zero attached hydrogens (tertiary/aromatic N) is 1. The van der Waals surface area contributed by atoms with E-state index in [2.05, 4.69) is 42.5 Å². The number of rotatable bonds is 6. The molecule has 1 amide bonds. The van der Waals surface area contributed by atoms with E-state index in [9.17, 15) is 9.90 Å². The average Bonchev–Trinajstić information content (AvgIpc) is 3.34. The van der Waals surface area contributed by atoms with Crippen LogP contribution in [0.4, 0.5) is 0 Å². The Balaban J connectivity index is 1.24. The summed E-state index contributed by atoms with van der Waals surface area (Å²) in [4.78, 5) is 15.6. The highest BCUT2D eigenvalue weighted by atomic mass is 16.7. The normalized spacial score (nSPS) is 20.7. The second-order valence-electron chi connectivity index (χ2n) is 11.0. The Morgan fingerprint density at radius 3 is 2.38 bits per heavy atom. The molecule has 1 N–H and O–H groups in total. The highest BCUT2D eigenvalue weighted by molar-refractivity contribution is 5.92. The van der Waals surface area contributed by atoms with Crippen LogP contribution in [0.15, 0.2) is 78.6 Å². The van der Waals surface area contributed by atoms with E-state index < -0.39 is 6.29 Å². The Labute approximate surface area is 231 Å². The van der Waals surface area contributed by atoms with Gasteiger partial charge in [-0.1, -0.05) is 86.0 Å². The van der Waals surface area contributed by atoms with Gasteiger partial charge in [-0.3, -0.25) is 4.79 Å². The lowest BCUT2D eigenvalue weighted by atomic mass is 9.90. The number of likely N-dealkylation sites (tertiary alicyclic amines) is 1. The van der Waals surface area contributed by atoms with E-state index in [4.69, 9.17) is 9.47 Å². The summed E-state index contributed by atoms with van der Waals surface area (Å²) < 4.78 is 12.5. The lowest BCUT2D eigenvalue weighted by molar-refractivity contribution is -0.156. The molecule has 3 aromatic carbocycles. The number of amides is 1. The molecule has 0 spiro atoms. The molecule has 5 heteroatoms. The highest BCUT2D eigenvalue weighted by Gasteiger charge is 2.32. The van der Waals surface area contributed by atoms with Crippen molar-refractivity contribution in [3.05, 3.63) is 106 Å². The fourth-order valence-electron chi connectivity index (χ4n) is 6.08. The van der Waals surface area contributed by atoms with Gasteiger partial charge in [0.2, 0.25) is 6.29 Å². The zero-order chi connectivity index (χ0) is 26.6. The first-order valence-electron chi connectivity index (χ1n) is 14.4. The third kappa shape index (κ3) is 5.80. The standard InChI is InChI=1S/C34H37NO4/c36-22-24-10-12-25(13-11-24)23-38-33-21-28(20-32(39-33)34(37)35-16-6-2-1-3-7-17-35)26-14-15-31-29(18-26)19-27-8-4-5-9-30(27)31/h4-5,8-15,18,20,28,33,36H,1-3,6-7,16-17,19,21-23H2/t28-,33+/m1/s1. The van der Waals surface area contributed by atoms with Gasteiger partial charge < -0.3 is 19.5 Å². The van der Waals surface area contributed by atoms with E-state index in [1.54, 1.807) is 0 Å². The molecule has 6 rings (SSSR count). The van der Waals surface area contributed by atoms with Crippen molar-refractivity contribution in [2.75, 3.05) is 13.1 Å². The molecule has 5 nitrogen and oxygen atoms in total. The Hall–Kier alpha value is -3.41. The van der Waals surface area contributed by atoms with Gasteiger partial charge in [-0.25, -0.2) is 0 Å². The predicted molar refractivity (Wildman–Crippen MR) is 152 cm³/mol. The van der Waals surface area contributed by atoms with Crippen LogP contribution in [0.5, 0.6) is 0 Å². The maximum Gasteiger partial charge on any atom is 0.288 e. The molecular weight excluding hydrogens is 486 g/mol. The van der Waals surface area contributed by atoms with Gasteiger partial charge in [0.25, 0.3) is 5.91 Å². The molecule has 2 heterocycles. The monoisotopic (exact) mass is 523 g/mol. The SMILES string of the molecule is O=C(C1=C[C@@H](c2ccc3c(c2)Cc2ccccc2-3)C[C@@H](OCc2ccc(CO)cc2)O1)N1CCCCCCC1. The van der Waals surface area contributed by atoms with Gasteiger partial charge >= 0.3 is 0 Å². The summed E-state index contributed by atoms with van der Waals surface area (Å²) in [7, 11) is 0. The molecule has 0 bridgehead atoms. The first kappa shape index (κ1) is 25.8. The number of hydrogen-bond acceptors (Lipinski definition) is 4. The van der Waals surface area contributed by atoms with E-state index in [1.807, 2.05) is 35.2 Å². The number of aliphatic hydroxyl groups excluding tert-OH is 1. The van der Waals surface area contributed by atoms with Crippen molar-refractivity contribution >= 4 is 5.91 Å². The summed E-state index contributed by atoms with van der Waals surface area (Å²) in [6.07, 6.45) is 8.77. The van der Waals surface area contributed by atoms with Crippen molar-refractivity contribution in [3.8, 4) is 11.1 Å². The van der Waals surface area contributed by atoms with Crippen LogP contribution < -0.4 is 0 Å². The molecule has 2 aliphatic heterocycles. The van der Waals surface area contributed by atoms with Crippen molar-refractivity contribution in [2.24, 2.45) is 0 Å². The molecule has 0 saturated carbocycles. The van der Waals surface area contributed by atoms with Crippen molar-refractivity contribution in [1.82, 2.24) is 4.90 Å². The molecular formula is C34H37NO4. The summed E-state index contributed by atoms with van der Waals surface area (Å²) in [5.74, 6) is 0.426. The minimum atomic E-state index is -0.517. The lowest BCUT2D eigenvalue weighted by Gasteiger charge is -2.32. The Morgan fingerprint density at radius 2 is 1.59 bits per heavy atom. The Morgan fingerprint density at radius 1 is 0.872 bits per heavy atom. The summed E-state index contributed by atoms with van der Waals surface area (Å²) in [6, 6.07) is 23.1. The number of fused-ring (bicyclic) bond motifs is 3. The van der Waals surface area contributed by atoms with Crippen LogP contribution in [0.1, 0.15) is 72.3 Å². The first-order chi connectivity index (χ1) is 19.2. The average molecular weight is 524 g/mol. The van der Waals surface area contributed by atoms with Crippen LogP contribution in [-0.2, 0) is 33.9 Å². The van der Waals surface area contributed by atoms with Crippen LogP contribution >= 0.6 is 0 Å². The smallest absolute Gasteiger partial charge is 0.288 e. The molecule has 2 atom stereocenters. The molecule has 39 heavy (non-hydrogen) atoms. The molecule has 0 aromatic heterocycles. The quantitative estimate of drug-likeness (QED) is 0.315. The van der Waals surface area contributed by atoms with Gasteiger partial charge in [-0.05, 0) is 64.3 Å². The van der Waals surface area contributed by atoms with Crippen LogP contribution in [0.3, 0.4) is 0 Å². The molecule has 3 aromatic rings. The minimum Gasteiger partial charge on any atom is -0.459 e. The summed E-state index contributed by atoms with van der Waals surface area (Å²) in [6.45, 7) is 1.97. The van der Waals surface area contributed by atoms with Gasteiger partial charge in [0, 0.05) is 25.4 Å². The second kappa shape index (κ2) is 11.8. The third-order valence-corrected chi connectivity index (χ3v) is 8.30. The lowest BCUT2D eigenvalue weighted by Crippen LogP contribution is -2.38. The molecule has 202 valence electrons. The molecule has 1 fully saturated rings. The predicted octanol–water partition coefficient (Wildman–Crippen LogP) is 6.47. The van der Waals surface area contributed by atoms with Crippen LogP contribution in [0.2, 0.25) is 0 Å². The number of hydrogen-bond donors (Lipinski definition) is 1. The number of carbonyl (C=O) groups excluding carboxylic acids is 1. The third-order valence-electron chi connectivity index (χ3n) is 8.30. The van der Waals surface area contributed by atoms with Crippen molar-refractivity contribution in [3.63, 3.8) is 0 Å². The number of benzene rings is 3. The number of ether oxygens (including phenoxy) is 2. The van der Waals surface area contributed by atoms with Crippen LogP contribution in [0.25, 0.3) is 11.1 Å². The van der Waals surface area contributed by atoms with E-state index in [1.165, 1.54) is 47.1 Å². The Bertz CT molecular complexity index is 1340. The van der Waals surface area contributed by atoms with Gasteiger partial charge in [-0.2, -0.15) is 0 Å². The highest BCUT2D eigenvalue weighted by Crippen LogP contribution is 2.40. The molecule has 0 radical (unpaired) electrons. The first-order valence-corrected chi connectivity index (χ1v) is 14.4. The fourth-order valence-corrected chi connectivity index (χ4v) is 6.08. The summed E-state index contributed by atoms with van der Waals surface area (Å²) >= 11 is 0. The largest absolute Gasteiger partial charge is 0.459 e. The number of carbonyl (C=O) groups is 1. The van der Waals surface area contributed by atoms with E-state index >= 15 is 0 Å². The van der Waals surface area contributed by atoms with E-state index in [0.29, 0.717) is 18.8 Å². The molecule has 3 aliphatic rings. The summed E-state index contributed by atoms with van der Waals surface area (Å²) in [5, 5.41) is 9.34. The van der Waals surface area contributed by atoms with Gasteiger partial charge in [0.1, 0.15) is 0 Å². The van der Waals surface area contributed by atoms with Crippen LogP contribution in [0, 0.1) is 0 Å². The number of aliphatic hydroxyl groups is 1. The van der Waals surface area contributed by atoms with Gasteiger partial charge in [0.15, 0.2) is 5.76 Å². The zero-order valence-electron chi connectivity index (χ0n) is 22.5. The van der Waals surface area contributed by atoms with Crippen LogP contribution in [-0.4, -0.2) is 35.3 Å². The molecule has 0 unspecified atom stereocenters. The van der Waals surface area contributed by atoms with Crippen molar-refractivity contribution in [2.45, 2.75) is 70.4 Å². The second-order valence-corrected chi connectivity index (χ2v) is 11.0. The van der Waals surface area contributed by atoms with Gasteiger partial charge in [0.05, 0.1) is 13.2 Å². The fraction of sp³-hybridized carbons (Fsp3) is 0.382. The topological polar surface area (TPSA) is 59.0 Å².